The summed E-state index contributed by atoms with van der Waals surface area (Å²) in [5.41, 5.74) is 0.449. The number of aryl methyl sites for hydroxylation is 1. The van der Waals surface area contributed by atoms with Crippen molar-refractivity contribution < 1.29 is 23.6 Å². The van der Waals surface area contributed by atoms with Crippen LogP contribution in [-0.2, 0) is 9.53 Å². The van der Waals surface area contributed by atoms with Gasteiger partial charge in [0.05, 0.1) is 6.20 Å². The van der Waals surface area contributed by atoms with Crippen LogP contribution in [0.25, 0.3) is 0 Å². The Hall–Kier alpha value is -2.38. The summed E-state index contributed by atoms with van der Waals surface area (Å²) in [5, 5.41) is 3.60. The Morgan fingerprint density at radius 2 is 2.05 bits per heavy atom. The third-order valence-corrected chi connectivity index (χ3v) is 3.88. The Morgan fingerprint density at radius 3 is 2.57 bits per heavy atom. The molecular weight excluding hydrogens is 278 g/mol. The van der Waals surface area contributed by atoms with E-state index in [-0.39, 0.29) is 24.5 Å². The van der Waals surface area contributed by atoms with Crippen LogP contribution < -0.4 is 0 Å². The number of hydrogen-bond acceptors (Lipinski definition) is 6. The van der Waals surface area contributed by atoms with Crippen molar-refractivity contribution in [2.45, 2.75) is 25.8 Å². The molecule has 112 valence electrons. The minimum atomic E-state index is -0.584. The van der Waals surface area contributed by atoms with Gasteiger partial charge in [0.15, 0.2) is 6.61 Å². The first-order valence-corrected chi connectivity index (χ1v) is 6.77. The number of carbonyl (C=O) groups is 3. The van der Waals surface area contributed by atoms with Gasteiger partial charge in [-0.3, -0.25) is 9.59 Å². The number of hydrogen-bond donors (Lipinski definition) is 0. The van der Waals surface area contributed by atoms with Crippen LogP contribution in [0.5, 0.6) is 0 Å². The lowest BCUT2D eigenvalue weighted by Gasteiger charge is -2.34. The number of cyclic esters (lactones) is 1. The summed E-state index contributed by atoms with van der Waals surface area (Å²) in [6.45, 7) is 2.46. The summed E-state index contributed by atoms with van der Waals surface area (Å²) in [5.74, 6) is 0.0441. The van der Waals surface area contributed by atoms with Crippen LogP contribution >= 0.6 is 0 Å². The zero-order valence-electron chi connectivity index (χ0n) is 11.6. The third-order valence-electron chi connectivity index (χ3n) is 3.88. The fraction of sp³-hybridized carbons (Fsp3) is 0.538. The van der Waals surface area contributed by atoms with E-state index in [2.05, 4.69) is 5.16 Å². The summed E-state index contributed by atoms with van der Waals surface area (Å²) in [6.07, 6.45) is 1.93. The zero-order chi connectivity index (χ0) is 15.0. The number of nitrogens with zero attached hydrogens (tertiary/aromatic N) is 3. The molecule has 3 amide bonds. The second-order valence-corrected chi connectivity index (χ2v) is 5.14. The highest BCUT2D eigenvalue weighted by Gasteiger charge is 2.39. The first-order valence-electron chi connectivity index (χ1n) is 6.77. The largest absolute Gasteiger partial charge is 0.439 e. The Labute approximate surface area is 120 Å². The van der Waals surface area contributed by atoms with E-state index in [1.807, 2.05) is 0 Å². The van der Waals surface area contributed by atoms with E-state index >= 15 is 0 Å². The molecule has 2 aliphatic rings. The molecule has 0 bridgehead atoms. The predicted octanol–water partition coefficient (Wildman–Crippen LogP) is 0.566. The number of aromatic nitrogens is 1. The molecule has 21 heavy (non-hydrogen) atoms. The van der Waals surface area contributed by atoms with Gasteiger partial charge >= 0.3 is 6.09 Å². The lowest BCUT2D eigenvalue weighted by molar-refractivity contribution is -0.127. The van der Waals surface area contributed by atoms with Crippen molar-refractivity contribution in [1.82, 2.24) is 15.0 Å². The number of imide groups is 1. The normalized spacial score (nSPS) is 20.0. The van der Waals surface area contributed by atoms with Gasteiger partial charge in [-0.25, -0.2) is 9.69 Å². The third kappa shape index (κ3) is 2.37. The van der Waals surface area contributed by atoms with Crippen LogP contribution in [0, 0.1) is 6.92 Å². The van der Waals surface area contributed by atoms with Crippen molar-refractivity contribution in [2.24, 2.45) is 0 Å². The molecule has 8 nitrogen and oxygen atoms in total. The van der Waals surface area contributed by atoms with Gasteiger partial charge in [-0.1, -0.05) is 5.16 Å². The summed E-state index contributed by atoms with van der Waals surface area (Å²) in [4.78, 5) is 38.3. The quantitative estimate of drug-likeness (QED) is 0.791. The van der Waals surface area contributed by atoms with Crippen molar-refractivity contribution in [2.75, 3.05) is 19.7 Å². The van der Waals surface area contributed by atoms with E-state index in [9.17, 15) is 14.4 Å². The number of ether oxygens (including phenoxy) is 1. The highest BCUT2D eigenvalue weighted by atomic mass is 16.6. The number of amides is 3. The lowest BCUT2D eigenvalue weighted by atomic mass is 10.0. The Kier molecular flexibility index (Phi) is 3.36. The van der Waals surface area contributed by atoms with E-state index in [1.165, 1.54) is 11.1 Å². The number of piperidine rings is 1. The van der Waals surface area contributed by atoms with Gasteiger partial charge in [0.2, 0.25) is 0 Å². The van der Waals surface area contributed by atoms with Crippen LogP contribution in [-0.4, -0.2) is 58.6 Å². The molecule has 1 aromatic heterocycles. The summed E-state index contributed by atoms with van der Waals surface area (Å²) < 4.78 is 9.61. The molecule has 0 unspecified atom stereocenters. The standard InChI is InChI=1S/C13H15N3O5/c1-8-10(6-14-21-8)12(18)15-4-2-9(3-5-15)16-11(17)7-20-13(16)19/h6,9H,2-5,7H2,1H3. The van der Waals surface area contributed by atoms with Crippen molar-refractivity contribution in [3.8, 4) is 0 Å². The fourth-order valence-electron chi connectivity index (χ4n) is 2.72. The van der Waals surface area contributed by atoms with Crippen LogP contribution in [0.1, 0.15) is 29.0 Å². The molecule has 2 saturated heterocycles. The molecule has 3 rings (SSSR count). The van der Waals surface area contributed by atoms with Crippen molar-refractivity contribution in [3.63, 3.8) is 0 Å². The molecule has 0 atom stereocenters. The maximum Gasteiger partial charge on any atom is 0.417 e. The van der Waals surface area contributed by atoms with Crippen molar-refractivity contribution in [3.05, 3.63) is 17.5 Å². The monoisotopic (exact) mass is 293 g/mol. The minimum Gasteiger partial charge on any atom is -0.439 e. The summed E-state index contributed by atoms with van der Waals surface area (Å²) in [7, 11) is 0. The molecular formula is C13H15N3O5. The average molecular weight is 293 g/mol. The van der Waals surface area contributed by atoms with Crippen LogP contribution in [0.3, 0.4) is 0 Å². The van der Waals surface area contributed by atoms with E-state index in [1.54, 1.807) is 11.8 Å². The van der Waals surface area contributed by atoms with Gasteiger partial charge in [-0.2, -0.15) is 0 Å². The molecule has 0 spiro atoms. The van der Waals surface area contributed by atoms with Crippen molar-refractivity contribution in [1.29, 1.82) is 0 Å². The molecule has 2 fully saturated rings. The van der Waals surface area contributed by atoms with Gasteiger partial charge in [0.25, 0.3) is 11.8 Å². The predicted molar refractivity (Wildman–Crippen MR) is 68.4 cm³/mol. The van der Waals surface area contributed by atoms with Gasteiger partial charge in [0, 0.05) is 19.1 Å². The highest BCUT2D eigenvalue weighted by molar-refractivity contribution is 5.98. The first kappa shape index (κ1) is 13.6. The Bertz CT molecular complexity index is 572. The van der Waals surface area contributed by atoms with E-state index in [0.29, 0.717) is 37.3 Å². The molecule has 0 aromatic carbocycles. The summed E-state index contributed by atoms with van der Waals surface area (Å²) >= 11 is 0. The Morgan fingerprint density at radius 1 is 1.33 bits per heavy atom. The van der Waals surface area contributed by atoms with Gasteiger partial charge in [-0.15, -0.1) is 0 Å². The SMILES string of the molecule is Cc1oncc1C(=O)N1CCC(N2C(=O)COC2=O)CC1. The first-order chi connectivity index (χ1) is 10.1. The number of carbonyl (C=O) groups excluding carboxylic acids is 3. The smallest absolute Gasteiger partial charge is 0.417 e. The second kappa shape index (κ2) is 5.19. The molecule has 8 heteroatoms. The molecule has 0 saturated carbocycles. The van der Waals surface area contributed by atoms with Crippen LogP contribution in [0.4, 0.5) is 4.79 Å². The molecule has 0 aliphatic carbocycles. The van der Waals surface area contributed by atoms with Crippen LogP contribution in [0.2, 0.25) is 0 Å². The topological polar surface area (TPSA) is 93.0 Å². The van der Waals surface area contributed by atoms with E-state index in [0.717, 1.165) is 0 Å². The number of likely N-dealkylation sites (tertiary alicyclic amines) is 1. The molecule has 1 aromatic rings. The maximum atomic E-state index is 12.3. The van der Waals surface area contributed by atoms with E-state index in [4.69, 9.17) is 9.26 Å². The number of rotatable bonds is 2. The maximum absolute atomic E-state index is 12.3. The van der Waals surface area contributed by atoms with Crippen LogP contribution in [0.15, 0.2) is 10.7 Å². The molecule has 2 aliphatic heterocycles. The lowest BCUT2D eigenvalue weighted by Crippen LogP contribution is -2.48. The fourth-order valence-corrected chi connectivity index (χ4v) is 2.72. The van der Waals surface area contributed by atoms with Gasteiger partial charge < -0.3 is 14.2 Å². The average Bonchev–Trinajstić information content (AvgIpc) is 3.05. The minimum absolute atomic E-state index is 0.137. The highest BCUT2D eigenvalue weighted by Crippen LogP contribution is 2.22. The molecule has 3 heterocycles. The summed E-state index contributed by atoms with van der Waals surface area (Å²) in [6, 6.07) is -0.194. The zero-order valence-corrected chi connectivity index (χ0v) is 11.6. The van der Waals surface area contributed by atoms with Gasteiger partial charge in [0.1, 0.15) is 11.3 Å². The van der Waals surface area contributed by atoms with E-state index < -0.39 is 6.09 Å². The molecule has 0 N–H and O–H groups in total. The second-order valence-electron chi connectivity index (χ2n) is 5.14. The molecule has 0 radical (unpaired) electrons. The van der Waals surface area contributed by atoms with Gasteiger partial charge in [-0.05, 0) is 19.8 Å². The van der Waals surface area contributed by atoms with Crippen molar-refractivity contribution >= 4 is 17.9 Å². The Balaban J connectivity index is 1.63.